The Morgan fingerprint density at radius 1 is 1.18 bits per heavy atom. The van der Waals surface area contributed by atoms with Gasteiger partial charge in [-0.25, -0.2) is 13.4 Å². The van der Waals surface area contributed by atoms with E-state index < -0.39 is 10.0 Å². The lowest BCUT2D eigenvalue weighted by Gasteiger charge is -2.12. The van der Waals surface area contributed by atoms with Crippen molar-refractivity contribution in [3.63, 3.8) is 0 Å². The molecule has 22 heavy (non-hydrogen) atoms. The molecule has 0 unspecified atom stereocenters. The van der Waals surface area contributed by atoms with Crippen molar-refractivity contribution in [2.24, 2.45) is 7.05 Å². The summed E-state index contributed by atoms with van der Waals surface area (Å²) in [6.45, 7) is 1.84. The molecule has 0 saturated carbocycles. The Balaban J connectivity index is 2.11. The molecule has 6 nitrogen and oxygen atoms in total. The fraction of sp³-hybridized carbons (Fsp3) is 0.143. The van der Waals surface area contributed by atoms with Crippen LogP contribution in [0.25, 0.3) is 10.9 Å². The van der Waals surface area contributed by atoms with Crippen molar-refractivity contribution in [3.05, 3.63) is 47.4 Å². The monoisotopic (exact) mass is 336 g/mol. The number of hydrogen-bond acceptors (Lipinski definition) is 4. The molecule has 0 aliphatic heterocycles. The first kappa shape index (κ1) is 14.8. The highest BCUT2D eigenvalue weighted by atomic mass is 35.5. The van der Waals surface area contributed by atoms with Crippen molar-refractivity contribution in [1.82, 2.24) is 14.8 Å². The average molecular weight is 337 g/mol. The maximum atomic E-state index is 12.5. The molecule has 114 valence electrons. The second kappa shape index (κ2) is 5.26. The van der Waals surface area contributed by atoms with Crippen molar-refractivity contribution >= 4 is 38.2 Å². The van der Waals surface area contributed by atoms with E-state index in [4.69, 9.17) is 11.6 Å². The second-order valence-corrected chi connectivity index (χ2v) is 6.96. The Morgan fingerprint density at radius 3 is 2.64 bits per heavy atom. The highest BCUT2D eigenvalue weighted by Gasteiger charge is 2.19. The van der Waals surface area contributed by atoms with E-state index in [1.54, 1.807) is 17.9 Å². The molecular formula is C14H13ClN4O2S. The quantitative estimate of drug-likeness (QED) is 0.746. The number of hydrogen-bond donors (Lipinski definition) is 1. The molecule has 0 aliphatic rings. The van der Waals surface area contributed by atoms with Gasteiger partial charge in [-0.05, 0) is 24.6 Å². The first-order valence-electron chi connectivity index (χ1n) is 6.44. The lowest BCUT2D eigenvalue weighted by atomic mass is 10.1. The number of sulfonamides is 1. The van der Waals surface area contributed by atoms with Gasteiger partial charge in [0.1, 0.15) is 10.0 Å². The zero-order chi connectivity index (χ0) is 15.9. The summed E-state index contributed by atoms with van der Waals surface area (Å²) in [5.74, 6) is 0. The molecule has 2 aromatic heterocycles. The van der Waals surface area contributed by atoms with Crippen molar-refractivity contribution in [2.75, 3.05) is 4.72 Å². The molecule has 1 aromatic carbocycles. The van der Waals surface area contributed by atoms with Crippen molar-refractivity contribution in [3.8, 4) is 0 Å². The molecule has 1 N–H and O–H groups in total. The van der Waals surface area contributed by atoms with Crippen LogP contribution in [0.15, 0.2) is 41.6 Å². The molecule has 8 heteroatoms. The van der Waals surface area contributed by atoms with Crippen LogP contribution in [-0.2, 0) is 17.1 Å². The Labute approximate surface area is 132 Å². The molecule has 0 saturated heterocycles. The molecule has 0 bridgehead atoms. The summed E-state index contributed by atoms with van der Waals surface area (Å²) in [6.07, 6.45) is 2.92. The highest BCUT2D eigenvalue weighted by Crippen LogP contribution is 2.28. The predicted molar refractivity (Wildman–Crippen MR) is 85.5 cm³/mol. The van der Waals surface area contributed by atoms with E-state index >= 15 is 0 Å². The van der Waals surface area contributed by atoms with Crippen molar-refractivity contribution < 1.29 is 8.42 Å². The Bertz CT molecular complexity index is 949. The zero-order valence-electron chi connectivity index (χ0n) is 11.9. The summed E-state index contributed by atoms with van der Waals surface area (Å²) in [6, 6.07) is 6.60. The fourth-order valence-electron chi connectivity index (χ4n) is 2.21. The molecule has 0 fully saturated rings. The summed E-state index contributed by atoms with van der Waals surface area (Å²) in [5.41, 5.74) is 2.04. The Hall–Kier alpha value is -2.12. The van der Waals surface area contributed by atoms with Crippen LogP contribution in [0.1, 0.15) is 5.56 Å². The minimum atomic E-state index is -3.75. The van der Waals surface area contributed by atoms with Gasteiger partial charge in [0.15, 0.2) is 0 Å². The number of pyridine rings is 1. The number of anilines is 1. The van der Waals surface area contributed by atoms with Gasteiger partial charge < -0.3 is 0 Å². The van der Waals surface area contributed by atoms with Gasteiger partial charge in [0.2, 0.25) is 0 Å². The van der Waals surface area contributed by atoms with Crippen molar-refractivity contribution in [1.29, 1.82) is 0 Å². The largest absolute Gasteiger partial charge is 0.277 e. The second-order valence-electron chi connectivity index (χ2n) is 4.89. The number of aryl methyl sites for hydroxylation is 2. The van der Waals surface area contributed by atoms with Crippen LogP contribution in [0.5, 0.6) is 0 Å². The van der Waals surface area contributed by atoms with Gasteiger partial charge in [-0.1, -0.05) is 23.7 Å². The number of fused-ring (bicyclic) bond motifs is 1. The lowest BCUT2D eigenvalue weighted by molar-refractivity contribution is 0.601. The van der Waals surface area contributed by atoms with Crippen LogP contribution < -0.4 is 4.72 Å². The third-order valence-corrected chi connectivity index (χ3v) is 4.92. The summed E-state index contributed by atoms with van der Waals surface area (Å²) in [4.78, 5) is 3.86. The Kier molecular flexibility index (Phi) is 3.54. The maximum absolute atomic E-state index is 12.5. The van der Waals surface area contributed by atoms with Gasteiger partial charge in [-0.2, -0.15) is 5.10 Å². The fourth-order valence-corrected chi connectivity index (χ4v) is 3.41. The molecule has 0 radical (unpaired) electrons. The number of rotatable bonds is 3. The first-order valence-corrected chi connectivity index (χ1v) is 8.30. The molecule has 2 heterocycles. The topological polar surface area (TPSA) is 76.9 Å². The SMILES string of the molecule is Cc1ccc2cnn(C)c2c1NS(=O)(=O)c1ccc(Cl)nc1. The van der Waals surface area contributed by atoms with Crippen molar-refractivity contribution in [2.45, 2.75) is 11.8 Å². The molecule has 0 amide bonds. The lowest BCUT2D eigenvalue weighted by Crippen LogP contribution is -2.15. The van der Waals surface area contributed by atoms with Gasteiger partial charge in [-0.3, -0.25) is 9.40 Å². The molecule has 0 aliphatic carbocycles. The summed E-state index contributed by atoms with van der Waals surface area (Å²) >= 11 is 5.69. The minimum Gasteiger partial charge on any atom is -0.277 e. The normalized spacial score (nSPS) is 11.8. The van der Waals surface area contributed by atoms with Crippen LogP contribution in [-0.4, -0.2) is 23.2 Å². The van der Waals surface area contributed by atoms with E-state index in [2.05, 4.69) is 14.8 Å². The zero-order valence-corrected chi connectivity index (χ0v) is 13.5. The van der Waals surface area contributed by atoms with Crippen LogP contribution in [0.2, 0.25) is 5.15 Å². The highest BCUT2D eigenvalue weighted by molar-refractivity contribution is 7.92. The first-order chi connectivity index (χ1) is 10.4. The van der Waals surface area contributed by atoms with E-state index in [1.165, 1.54) is 18.3 Å². The summed E-state index contributed by atoms with van der Waals surface area (Å²) in [5, 5.41) is 5.26. The predicted octanol–water partition coefficient (Wildman–Crippen LogP) is 2.73. The third-order valence-electron chi connectivity index (χ3n) is 3.36. The smallest absolute Gasteiger partial charge is 0.263 e. The van der Waals surface area contributed by atoms with Crippen LogP contribution in [0.3, 0.4) is 0 Å². The number of nitrogens with zero attached hydrogens (tertiary/aromatic N) is 3. The van der Waals surface area contributed by atoms with E-state index in [0.29, 0.717) is 5.69 Å². The molecule has 3 rings (SSSR count). The van der Waals surface area contributed by atoms with E-state index in [0.717, 1.165) is 16.5 Å². The molecule has 0 spiro atoms. The van der Waals surface area contributed by atoms with E-state index in [-0.39, 0.29) is 10.0 Å². The van der Waals surface area contributed by atoms with E-state index in [9.17, 15) is 8.42 Å². The van der Waals surface area contributed by atoms with Gasteiger partial charge >= 0.3 is 0 Å². The van der Waals surface area contributed by atoms with Crippen LogP contribution >= 0.6 is 11.6 Å². The molecular weight excluding hydrogens is 324 g/mol. The maximum Gasteiger partial charge on any atom is 0.263 e. The number of benzene rings is 1. The van der Waals surface area contributed by atoms with E-state index in [1.807, 2.05) is 19.1 Å². The number of aromatic nitrogens is 3. The number of nitrogens with one attached hydrogen (secondary N) is 1. The van der Waals surface area contributed by atoms with Crippen LogP contribution in [0, 0.1) is 6.92 Å². The standard InChI is InChI=1S/C14H13ClN4O2S/c1-9-3-4-10-7-17-19(2)14(10)13(9)18-22(20,21)11-5-6-12(15)16-8-11/h3-8,18H,1-2H3. The van der Waals surface area contributed by atoms with Crippen LogP contribution in [0.4, 0.5) is 5.69 Å². The summed E-state index contributed by atoms with van der Waals surface area (Å²) < 4.78 is 29.3. The van der Waals surface area contributed by atoms with Gasteiger partial charge in [0.25, 0.3) is 10.0 Å². The van der Waals surface area contributed by atoms with Gasteiger partial charge in [0, 0.05) is 18.6 Å². The summed E-state index contributed by atoms with van der Waals surface area (Å²) in [7, 11) is -1.98. The number of halogens is 1. The Morgan fingerprint density at radius 2 is 1.95 bits per heavy atom. The van der Waals surface area contributed by atoms with Gasteiger partial charge in [-0.15, -0.1) is 0 Å². The van der Waals surface area contributed by atoms with Gasteiger partial charge in [0.05, 0.1) is 17.4 Å². The minimum absolute atomic E-state index is 0.0514. The average Bonchev–Trinajstić information content (AvgIpc) is 2.84. The molecule has 3 aromatic rings. The molecule has 0 atom stereocenters. The third kappa shape index (κ3) is 2.53.